The number of thioether (sulfide) groups is 1. The zero-order valence-electron chi connectivity index (χ0n) is 18.4. The molecule has 2 amide bonds. The van der Waals surface area contributed by atoms with Gasteiger partial charge in [0, 0.05) is 43.0 Å². The summed E-state index contributed by atoms with van der Waals surface area (Å²) in [4.78, 5) is 39.2. The highest BCUT2D eigenvalue weighted by Gasteiger charge is 2.25. The van der Waals surface area contributed by atoms with E-state index in [4.69, 9.17) is 0 Å². The maximum atomic E-state index is 11.8. The van der Waals surface area contributed by atoms with E-state index in [1.165, 1.54) is 11.1 Å². The minimum atomic E-state index is -0.377. The van der Waals surface area contributed by atoms with E-state index in [0.29, 0.717) is 22.5 Å². The summed E-state index contributed by atoms with van der Waals surface area (Å²) in [5, 5.41) is 9.70. The van der Waals surface area contributed by atoms with Crippen LogP contribution in [-0.4, -0.2) is 45.7 Å². The molecule has 5 heterocycles. The first-order valence-corrected chi connectivity index (χ1v) is 12.9. The SMILES string of the molecule is O=C1NC(=O)/C(=C/c2ccnc(N3CCC(CNCc4ccnc(-c5ccsc5)c4)CC3)n2)S1. The van der Waals surface area contributed by atoms with Crippen molar-refractivity contribution in [3.8, 4) is 11.3 Å². The maximum absolute atomic E-state index is 11.8. The molecule has 0 aliphatic carbocycles. The van der Waals surface area contributed by atoms with Gasteiger partial charge in [0.15, 0.2) is 0 Å². The Balaban J connectivity index is 1.11. The first-order valence-electron chi connectivity index (χ1n) is 11.1. The Morgan fingerprint density at radius 3 is 2.76 bits per heavy atom. The number of thiophene rings is 1. The van der Waals surface area contributed by atoms with Gasteiger partial charge in [-0.1, -0.05) is 0 Å². The smallest absolute Gasteiger partial charge is 0.290 e. The predicted octanol–water partition coefficient (Wildman–Crippen LogP) is 3.93. The van der Waals surface area contributed by atoms with Crippen molar-refractivity contribution in [2.45, 2.75) is 19.4 Å². The van der Waals surface area contributed by atoms with Gasteiger partial charge in [0.1, 0.15) is 0 Å². The fraction of sp³-hybridized carbons (Fsp3) is 0.292. The number of amides is 2. The molecule has 0 saturated carbocycles. The second-order valence-corrected chi connectivity index (χ2v) is 10.1. The first-order chi connectivity index (χ1) is 16.6. The van der Waals surface area contributed by atoms with Crippen LogP contribution < -0.4 is 15.5 Å². The Morgan fingerprint density at radius 1 is 1.15 bits per heavy atom. The van der Waals surface area contributed by atoms with Crippen molar-refractivity contribution in [3.63, 3.8) is 0 Å². The van der Waals surface area contributed by atoms with Gasteiger partial charge in [-0.15, -0.1) is 0 Å². The first kappa shape index (κ1) is 22.7. The Labute approximate surface area is 205 Å². The molecule has 0 aromatic carbocycles. The standard InChI is InChI=1S/C24H24N6O2S2/c31-22-21(34-24(32)29-22)12-19-2-7-27-23(28-19)30-8-3-16(4-9-30)13-25-14-17-1-6-26-20(11-17)18-5-10-33-15-18/h1-2,5-7,10-12,15-16,25H,3-4,8-9,13-14H2,(H,29,31,32)/b21-12-. The van der Waals surface area contributed by atoms with Gasteiger partial charge < -0.3 is 10.2 Å². The van der Waals surface area contributed by atoms with Crippen molar-refractivity contribution >= 4 is 46.3 Å². The summed E-state index contributed by atoms with van der Waals surface area (Å²) < 4.78 is 0. The summed E-state index contributed by atoms with van der Waals surface area (Å²) in [5.41, 5.74) is 4.05. The van der Waals surface area contributed by atoms with Gasteiger partial charge in [-0.2, -0.15) is 11.3 Å². The molecule has 3 aromatic rings. The fourth-order valence-electron chi connectivity index (χ4n) is 4.06. The van der Waals surface area contributed by atoms with Gasteiger partial charge in [-0.05, 0) is 78.4 Å². The molecular formula is C24H24N6O2S2. The summed E-state index contributed by atoms with van der Waals surface area (Å²) in [6.07, 6.45) is 7.33. The lowest BCUT2D eigenvalue weighted by Crippen LogP contribution is -2.38. The summed E-state index contributed by atoms with van der Waals surface area (Å²) >= 11 is 2.58. The van der Waals surface area contributed by atoms with Crippen molar-refractivity contribution < 1.29 is 9.59 Å². The van der Waals surface area contributed by atoms with Crippen LogP contribution in [0.4, 0.5) is 10.7 Å². The van der Waals surface area contributed by atoms with Crippen LogP contribution in [0.15, 0.2) is 52.3 Å². The molecule has 3 aromatic heterocycles. The number of nitrogens with one attached hydrogen (secondary N) is 2. The Kier molecular flexibility index (Phi) is 6.98. The van der Waals surface area contributed by atoms with Crippen LogP contribution in [0.1, 0.15) is 24.1 Å². The van der Waals surface area contributed by atoms with Crippen LogP contribution in [0.5, 0.6) is 0 Å². The highest BCUT2D eigenvalue weighted by molar-refractivity contribution is 8.18. The summed E-state index contributed by atoms with van der Waals surface area (Å²) in [5.74, 6) is 0.885. The number of hydrogen-bond acceptors (Lipinski definition) is 9. The minimum absolute atomic E-state index is 0.354. The van der Waals surface area contributed by atoms with Crippen LogP contribution >= 0.6 is 23.1 Å². The molecule has 5 rings (SSSR count). The second kappa shape index (κ2) is 10.5. The number of anilines is 1. The van der Waals surface area contributed by atoms with E-state index in [1.807, 2.05) is 6.20 Å². The lowest BCUT2D eigenvalue weighted by molar-refractivity contribution is -0.115. The second-order valence-electron chi connectivity index (χ2n) is 8.26. The van der Waals surface area contributed by atoms with E-state index in [0.717, 1.165) is 56.5 Å². The molecule has 2 N–H and O–H groups in total. The number of rotatable bonds is 7. The zero-order valence-corrected chi connectivity index (χ0v) is 20.1. The van der Waals surface area contributed by atoms with Crippen molar-refractivity contribution in [1.29, 1.82) is 0 Å². The average Bonchev–Trinajstić information content (AvgIpc) is 3.50. The Hall–Kier alpha value is -3.08. The maximum Gasteiger partial charge on any atom is 0.290 e. The number of carbonyl (C=O) groups is 2. The third-order valence-electron chi connectivity index (χ3n) is 5.89. The van der Waals surface area contributed by atoms with Crippen LogP contribution in [0.2, 0.25) is 0 Å². The van der Waals surface area contributed by atoms with Gasteiger partial charge >= 0.3 is 0 Å². The number of aromatic nitrogens is 3. The molecule has 0 atom stereocenters. The normalized spacial score (nSPS) is 18.0. The van der Waals surface area contributed by atoms with E-state index in [1.54, 1.807) is 29.7 Å². The van der Waals surface area contributed by atoms with E-state index >= 15 is 0 Å². The lowest BCUT2D eigenvalue weighted by Gasteiger charge is -2.32. The molecule has 8 nitrogen and oxygen atoms in total. The fourth-order valence-corrected chi connectivity index (χ4v) is 5.38. The minimum Gasteiger partial charge on any atom is -0.341 e. The number of piperidine rings is 1. The van der Waals surface area contributed by atoms with Crippen LogP contribution in [-0.2, 0) is 11.3 Å². The third kappa shape index (κ3) is 5.52. The number of nitrogens with zero attached hydrogens (tertiary/aromatic N) is 4. The molecule has 0 bridgehead atoms. The predicted molar refractivity (Wildman–Crippen MR) is 135 cm³/mol. The van der Waals surface area contributed by atoms with Crippen LogP contribution in [0.25, 0.3) is 17.3 Å². The highest BCUT2D eigenvalue weighted by atomic mass is 32.2. The lowest BCUT2D eigenvalue weighted by atomic mass is 9.97. The van der Waals surface area contributed by atoms with Crippen molar-refractivity contribution in [2.24, 2.45) is 5.92 Å². The third-order valence-corrected chi connectivity index (χ3v) is 7.38. The number of pyridine rings is 1. The molecule has 0 spiro atoms. The number of carbonyl (C=O) groups excluding carboxylic acids is 2. The summed E-state index contributed by atoms with van der Waals surface area (Å²) in [6.45, 7) is 3.57. The number of hydrogen-bond donors (Lipinski definition) is 2. The molecule has 0 unspecified atom stereocenters. The largest absolute Gasteiger partial charge is 0.341 e. The quantitative estimate of drug-likeness (QED) is 0.479. The van der Waals surface area contributed by atoms with Crippen molar-refractivity contribution in [2.75, 3.05) is 24.5 Å². The Bertz CT molecular complexity index is 1210. The van der Waals surface area contributed by atoms with Crippen LogP contribution in [0, 0.1) is 5.92 Å². The molecular weight excluding hydrogens is 468 g/mol. The molecule has 2 fully saturated rings. The van der Waals surface area contributed by atoms with E-state index < -0.39 is 0 Å². The monoisotopic (exact) mass is 492 g/mol. The Morgan fingerprint density at radius 2 is 2.00 bits per heavy atom. The zero-order chi connectivity index (χ0) is 23.3. The van der Waals surface area contributed by atoms with Crippen molar-refractivity contribution in [1.82, 2.24) is 25.6 Å². The van der Waals surface area contributed by atoms with E-state index in [9.17, 15) is 9.59 Å². The van der Waals surface area contributed by atoms with Gasteiger partial charge in [0.2, 0.25) is 5.95 Å². The van der Waals surface area contributed by atoms with Crippen LogP contribution in [0.3, 0.4) is 0 Å². The average molecular weight is 493 g/mol. The molecule has 2 aliphatic heterocycles. The van der Waals surface area contributed by atoms with Gasteiger partial charge in [0.25, 0.3) is 11.1 Å². The van der Waals surface area contributed by atoms with Gasteiger partial charge in [0.05, 0.1) is 16.3 Å². The molecule has 2 aliphatic rings. The molecule has 0 radical (unpaired) electrons. The van der Waals surface area contributed by atoms with E-state index in [-0.39, 0.29) is 11.1 Å². The molecule has 34 heavy (non-hydrogen) atoms. The topological polar surface area (TPSA) is 100 Å². The van der Waals surface area contributed by atoms with Crippen molar-refractivity contribution in [3.05, 3.63) is 63.6 Å². The highest BCUT2D eigenvalue weighted by Crippen LogP contribution is 2.26. The van der Waals surface area contributed by atoms with Gasteiger partial charge in [-0.3, -0.25) is 19.9 Å². The molecule has 174 valence electrons. The van der Waals surface area contributed by atoms with E-state index in [2.05, 4.69) is 59.4 Å². The molecule has 2 saturated heterocycles. The summed E-state index contributed by atoms with van der Waals surface area (Å²) in [6, 6.07) is 8.06. The number of imide groups is 1. The summed E-state index contributed by atoms with van der Waals surface area (Å²) in [7, 11) is 0. The van der Waals surface area contributed by atoms with Gasteiger partial charge in [-0.25, -0.2) is 9.97 Å². The molecule has 10 heteroatoms.